The van der Waals surface area contributed by atoms with Gasteiger partial charge in [-0.1, -0.05) is 10.3 Å². The molecule has 0 fully saturated rings. The number of methoxy groups -OCH3 is 2. The van der Waals surface area contributed by atoms with Gasteiger partial charge in [0.25, 0.3) is 5.88 Å². The molecule has 0 aliphatic carbocycles. The molecule has 1 heterocycles. The van der Waals surface area contributed by atoms with Gasteiger partial charge in [-0.3, -0.25) is 0 Å². The van der Waals surface area contributed by atoms with E-state index in [0.717, 1.165) is 0 Å². The molecule has 9 nitrogen and oxygen atoms in total. The van der Waals surface area contributed by atoms with Crippen LogP contribution in [0.15, 0.2) is 22.9 Å². The van der Waals surface area contributed by atoms with E-state index in [-0.39, 0.29) is 11.5 Å². The minimum absolute atomic E-state index is 0.0840. The lowest BCUT2D eigenvalue weighted by Crippen LogP contribution is -2.11. The zero-order chi connectivity index (χ0) is 18.1. The van der Waals surface area contributed by atoms with Gasteiger partial charge >= 0.3 is 5.97 Å². The number of carbonyl (C=O) groups is 1. The van der Waals surface area contributed by atoms with Crippen LogP contribution in [0.3, 0.4) is 0 Å². The van der Waals surface area contributed by atoms with E-state index in [1.807, 2.05) is 0 Å². The third-order valence-corrected chi connectivity index (χ3v) is 2.93. The third kappa shape index (κ3) is 4.77. The van der Waals surface area contributed by atoms with Gasteiger partial charge in [-0.25, -0.2) is 9.78 Å². The number of hydrogen-bond acceptors (Lipinski definition) is 9. The van der Waals surface area contributed by atoms with Crippen molar-refractivity contribution in [1.29, 1.82) is 0 Å². The molecule has 24 heavy (non-hydrogen) atoms. The van der Waals surface area contributed by atoms with Crippen LogP contribution in [0.1, 0.15) is 25.1 Å². The van der Waals surface area contributed by atoms with Crippen LogP contribution >= 0.6 is 0 Å². The van der Waals surface area contributed by atoms with Gasteiger partial charge in [0.2, 0.25) is 0 Å². The molecule has 9 heteroatoms. The minimum atomic E-state index is -0.613. The normalized spacial score (nSPS) is 12.7. The van der Waals surface area contributed by atoms with Gasteiger partial charge in [-0.2, -0.15) is 4.98 Å². The van der Waals surface area contributed by atoms with E-state index in [1.54, 1.807) is 20.8 Å². The molecule has 1 rings (SSSR count). The summed E-state index contributed by atoms with van der Waals surface area (Å²) in [7, 11) is 4.11. The van der Waals surface area contributed by atoms with Crippen molar-refractivity contribution in [3.63, 3.8) is 0 Å². The quantitative estimate of drug-likeness (QED) is 0.245. The van der Waals surface area contributed by atoms with E-state index in [4.69, 9.17) is 14.3 Å². The second kappa shape index (κ2) is 9.23. The van der Waals surface area contributed by atoms with Gasteiger partial charge in [0.1, 0.15) is 30.4 Å². The first-order valence-corrected chi connectivity index (χ1v) is 6.89. The Balaban J connectivity index is 3.30. The number of aromatic nitrogens is 2. The molecule has 0 spiro atoms. The van der Waals surface area contributed by atoms with Crippen LogP contribution < -0.4 is 4.84 Å². The summed E-state index contributed by atoms with van der Waals surface area (Å²) in [5, 5.41) is 7.69. The Morgan fingerprint density at radius 1 is 1.12 bits per heavy atom. The smallest absolute Gasteiger partial charge is 0.341 e. The summed E-state index contributed by atoms with van der Waals surface area (Å²) in [6.45, 7) is 5.10. The van der Waals surface area contributed by atoms with Gasteiger partial charge < -0.3 is 19.1 Å². The van der Waals surface area contributed by atoms with Crippen molar-refractivity contribution in [2.45, 2.75) is 20.8 Å². The topological polar surface area (TPSA) is 104 Å². The average molecular weight is 336 g/mol. The molecule has 130 valence electrons. The van der Waals surface area contributed by atoms with Crippen molar-refractivity contribution in [3.05, 3.63) is 23.8 Å². The zero-order valence-electron chi connectivity index (χ0n) is 14.5. The number of nitrogens with zero attached hydrogens (tertiary/aromatic N) is 4. The Kier molecular flexibility index (Phi) is 7.34. The molecule has 0 N–H and O–H groups in total. The first kappa shape index (κ1) is 19.1. The summed E-state index contributed by atoms with van der Waals surface area (Å²) in [5.74, 6) is -0.529. The van der Waals surface area contributed by atoms with Crippen LogP contribution in [0.25, 0.3) is 5.57 Å². The highest BCUT2D eigenvalue weighted by Crippen LogP contribution is 2.27. The number of hydrogen-bond donors (Lipinski definition) is 0. The number of rotatable bonds is 7. The Labute approximate surface area is 140 Å². The van der Waals surface area contributed by atoms with Gasteiger partial charge in [-0.05, 0) is 20.8 Å². The predicted molar refractivity (Wildman–Crippen MR) is 87.6 cm³/mol. The first-order chi connectivity index (χ1) is 11.5. The van der Waals surface area contributed by atoms with E-state index in [9.17, 15) is 4.79 Å². The molecule has 1 aromatic heterocycles. The zero-order valence-corrected chi connectivity index (χ0v) is 14.5. The van der Waals surface area contributed by atoms with Crippen LogP contribution in [0.5, 0.6) is 5.88 Å². The fourth-order valence-electron chi connectivity index (χ4n) is 1.65. The summed E-state index contributed by atoms with van der Waals surface area (Å²) in [6, 6.07) is 0. The van der Waals surface area contributed by atoms with Crippen molar-refractivity contribution in [2.24, 2.45) is 10.3 Å². The molecule has 1 aromatic rings. The molecule has 0 saturated carbocycles. The minimum Gasteiger partial charge on any atom is -0.503 e. The van der Waals surface area contributed by atoms with Crippen molar-refractivity contribution in [3.8, 4) is 5.88 Å². The molecule has 0 aliphatic heterocycles. The molecule has 0 saturated heterocycles. The van der Waals surface area contributed by atoms with Crippen molar-refractivity contribution in [1.82, 2.24) is 9.97 Å². The molecule has 0 aliphatic rings. The molecule has 0 unspecified atom stereocenters. The first-order valence-electron chi connectivity index (χ1n) is 6.89. The Morgan fingerprint density at radius 2 is 1.79 bits per heavy atom. The maximum Gasteiger partial charge on any atom is 0.341 e. The standard InChI is InChI=1S/C15H20N4O5/c1-9(18-23-6)10(2)19-24-14-13(11(3)16-8-17-14)12(7-21-4)15(20)22-5/h7-8H,1-6H3/b12-7-,18-9+,19-10+. The lowest BCUT2D eigenvalue weighted by atomic mass is 10.1. The molecular formula is C15H20N4O5. The summed E-state index contributed by atoms with van der Waals surface area (Å²) in [5.41, 5.74) is 1.95. The van der Waals surface area contributed by atoms with Crippen molar-refractivity contribution >= 4 is 23.0 Å². The predicted octanol–water partition coefficient (Wildman–Crippen LogP) is 1.72. The van der Waals surface area contributed by atoms with Crippen LogP contribution in [-0.4, -0.2) is 48.7 Å². The van der Waals surface area contributed by atoms with E-state index in [1.165, 1.54) is 33.9 Å². The second-order valence-electron chi connectivity index (χ2n) is 4.53. The number of carbonyl (C=O) groups excluding carboxylic acids is 1. The van der Waals surface area contributed by atoms with E-state index in [0.29, 0.717) is 22.7 Å². The van der Waals surface area contributed by atoms with Gasteiger partial charge in [0, 0.05) is 0 Å². The lowest BCUT2D eigenvalue weighted by molar-refractivity contribution is -0.133. The highest BCUT2D eigenvalue weighted by Gasteiger charge is 2.22. The molecular weight excluding hydrogens is 316 g/mol. The monoisotopic (exact) mass is 336 g/mol. The Morgan fingerprint density at radius 3 is 2.38 bits per heavy atom. The largest absolute Gasteiger partial charge is 0.503 e. The summed E-state index contributed by atoms with van der Waals surface area (Å²) in [6.07, 6.45) is 2.54. The number of aryl methyl sites for hydroxylation is 1. The van der Waals surface area contributed by atoms with Gasteiger partial charge in [0.15, 0.2) is 0 Å². The Bertz CT molecular complexity index is 682. The maximum absolute atomic E-state index is 12.0. The third-order valence-electron chi connectivity index (χ3n) is 2.93. The highest BCUT2D eigenvalue weighted by molar-refractivity contribution is 6.40. The number of esters is 1. The fourth-order valence-corrected chi connectivity index (χ4v) is 1.65. The average Bonchev–Trinajstić information content (AvgIpc) is 2.57. The van der Waals surface area contributed by atoms with Crippen molar-refractivity contribution < 1.29 is 23.9 Å². The number of oxime groups is 2. The maximum atomic E-state index is 12.0. The summed E-state index contributed by atoms with van der Waals surface area (Å²) < 4.78 is 9.70. The lowest BCUT2D eigenvalue weighted by Gasteiger charge is -2.11. The van der Waals surface area contributed by atoms with Crippen LogP contribution in [0.4, 0.5) is 0 Å². The summed E-state index contributed by atoms with van der Waals surface area (Å²) >= 11 is 0. The molecule has 0 bridgehead atoms. The van der Waals surface area contributed by atoms with E-state index in [2.05, 4.69) is 25.1 Å². The molecule has 0 aromatic carbocycles. The highest BCUT2D eigenvalue weighted by atomic mass is 16.6. The van der Waals surface area contributed by atoms with Gasteiger partial charge in [0.05, 0.1) is 31.7 Å². The summed E-state index contributed by atoms with van der Waals surface area (Å²) in [4.78, 5) is 30.1. The van der Waals surface area contributed by atoms with Crippen LogP contribution in [0, 0.1) is 6.92 Å². The Hall–Kier alpha value is -2.97. The molecule has 0 radical (unpaired) electrons. The SMILES string of the molecule is CO/C=C(\C(=O)OC)c1c(C)ncnc1O/N=C(C)/C(C)=N/OC. The van der Waals surface area contributed by atoms with Gasteiger partial charge in [-0.15, -0.1) is 0 Å². The van der Waals surface area contributed by atoms with E-state index < -0.39 is 5.97 Å². The number of ether oxygens (including phenoxy) is 2. The van der Waals surface area contributed by atoms with E-state index >= 15 is 0 Å². The molecule has 0 atom stereocenters. The van der Waals surface area contributed by atoms with Crippen LogP contribution in [-0.2, 0) is 19.1 Å². The van der Waals surface area contributed by atoms with Crippen molar-refractivity contribution in [2.75, 3.05) is 21.3 Å². The fraction of sp³-hybridized carbons (Fsp3) is 0.400. The molecule has 0 amide bonds. The van der Waals surface area contributed by atoms with Crippen LogP contribution in [0.2, 0.25) is 0 Å². The second-order valence-corrected chi connectivity index (χ2v) is 4.53.